The van der Waals surface area contributed by atoms with Crippen molar-refractivity contribution in [3.8, 4) is 5.75 Å². The molecule has 15 heavy (non-hydrogen) atoms. The van der Waals surface area contributed by atoms with Crippen LogP contribution in [-0.2, 0) is 15.9 Å². The summed E-state index contributed by atoms with van der Waals surface area (Å²) in [6, 6.07) is 6.13. The first-order chi connectivity index (χ1) is 7.35. The lowest BCUT2D eigenvalue weighted by Crippen LogP contribution is -2.02. The van der Waals surface area contributed by atoms with E-state index < -0.39 is 0 Å². The van der Waals surface area contributed by atoms with Gasteiger partial charge in [0.15, 0.2) is 6.29 Å². The van der Waals surface area contributed by atoms with E-state index in [1.165, 1.54) is 5.56 Å². The summed E-state index contributed by atoms with van der Waals surface area (Å²) in [7, 11) is 1.67. The largest absolute Gasteiger partial charge is 0.496 e. The van der Waals surface area contributed by atoms with Gasteiger partial charge in [-0.05, 0) is 24.1 Å². The van der Waals surface area contributed by atoms with Gasteiger partial charge < -0.3 is 14.2 Å². The molecule has 0 aromatic heterocycles. The number of ether oxygens (including phenoxy) is 3. The Morgan fingerprint density at radius 1 is 1.33 bits per heavy atom. The highest BCUT2D eigenvalue weighted by Crippen LogP contribution is 2.31. The van der Waals surface area contributed by atoms with Crippen LogP contribution in [0.1, 0.15) is 24.3 Å². The van der Waals surface area contributed by atoms with Gasteiger partial charge in [0, 0.05) is 5.56 Å². The van der Waals surface area contributed by atoms with Crippen molar-refractivity contribution < 1.29 is 14.2 Å². The molecule has 0 unspecified atom stereocenters. The quantitative estimate of drug-likeness (QED) is 0.762. The molecule has 0 N–H and O–H groups in total. The highest BCUT2D eigenvalue weighted by Gasteiger charge is 2.22. The van der Waals surface area contributed by atoms with Crippen LogP contribution in [0.5, 0.6) is 5.75 Å². The molecule has 1 heterocycles. The Kier molecular flexibility index (Phi) is 3.23. The van der Waals surface area contributed by atoms with E-state index in [1.54, 1.807) is 7.11 Å². The standard InChI is InChI=1S/C12H16O3/c1-3-9-4-5-11(13-2)10(8-9)12-14-6-7-15-12/h4-5,8,12H,3,6-7H2,1-2H3. The summed E-state index contributed by atoms with van der Waals surface area (Å²) < 4.78 is 16.3. The number of rotatable bonds is 3. The van der Waals surface area contributed by atoms with Gasteiger partial charge >= 0.3 is 0 Å². The van der Waals surface area contributed by atoms with Crippen molar-refractivity contribution in [2.24, 2.45) is 0 Å². The van der Waals surface area contributed by atoms with E-state index in [-0.39, 0.29) is 6.29 Å². The van der Waals surface area contributed by atoms with Crippen molar-refractivity contribution in [2.45, 2.75) is 19.6 Å². The molecule has 0 aliphatic carbocycles. The number of hydrogen-bond donors (Lipinski definition) is 0. The zero-order chi connectivity index (χ0) is 10.7. The van der Waals surface area contributed by atoms with Gasteiger partial charge in [0.1, 0.15) is 5.75 Å². The van der Waals surface area contributed by atoms with Gasteiger partial charge in [-0.15, -0.1) is 0 Å². The molecule has 0 bridgehead atoms. The Balaban J connectivity index is 2.32. The molecule has 3 heteroatoms. The van der Waals surface area contributed by atoms with Gasteiger partial charge in [-0.25, -0.2) is 0 Å². The maximum absolute atomic E-state index is 5.48. The molecule has 82 valence electrons. The van der Waals surface area contributed by atoms with Crippen molar-refractivity contribution >= 4 is 0 Å². The van der Waals surface area contributed by atoms with E-state index in [9.17, 15) is 0 Å². The van der Waals surface area contributed by atoms with Crippen LogP contribution in [0.3, 0.4) is 0 Å². The lowest BCUT2D eigenvalue weighted by Gasteiger charge is -2.14. The zero-order valence-electron chi connectivity index (χ0n) is 9.16. The van der Waals surface area contributed by atoms with E-state index in [1.807, 2.05) is 6.07 Å². The average Bonchev–Trinajstić information content (AvgIpc) is 2.81. The summed E-state index contributed by atoms with van der Waals surface area (Å²) in [5.74, 6) is 0.833. The van der Waals surface area contributed by atoms with Crippen LogP contribution in [0.2, 0.25) is 0 Å². The first-order valence-electron chi connectivity index (χ1n) is 5.25. The predicted molar refractivity (Wildman–Crippen MR) is 57.0 cm³/mol. The minimum absolute atomic E-state index is 0.258. The molecular formula is C12H16O3. The fourth-order valence-electron chi connectivity index (χ4n) is 1.73. The van der Waals surface area contributed by atoms with Gasteiger partial charge in [-0.3, -0.25) is 0 Å². The Morgan fingerprint density at radius 2 is 2.07 bits per heavy atom. The predicted octanol–water partition coefficient (Wildman–Crippen LogP) is 2.30. The lowest BCUT2D eigenvalue weighted by atomic mass is 10.1. The SMILES string of the molecule is CCc1ccc(OC)c(C2OCCO2)c1. The molecule has 1 fully saturated rings. The minimum Gasteiger partial charge on any atom is -0.496 e. The summed E-state index contributed by atoms with van der Waals surface area (Å²) in [6.45, 7) is 3.44. The van der Waals surface area contributed by atoms with Gasteiger partial charge in [0.2, 0.25) is 0 Å². The molecule has 0 amide bonds. The van der Waals surface area contributed by atoms with Crippen molar-refractivity contribution in [1.29, 1.82) is 0 Å². The van der Waals surface area contributed by atoms with Crippen LogP contribution in [-0.4, -0.2) is 20.3 Å². The summed E-state index contributed by atoms with van der Waals surface area (Å²) in [5, 5.41) is 0. The Bertz CT molecular complexity index is 330. The van der Waals surface area contributed by atoms with Crippen LogP contribution in [0, 0.1) is 0 Å². The Morgan fingerprint density at radius 3 is 2.67 bits per heavy atom. The second-order valence-corrected chi connectivity index (χ2v) is 3.50. The molecule has 1 aliphatic rings. The van der Waals surface area contributed by atoms with Gasteiger partial charge in [0.05, 0.1) is 20.3 Å². The average molecular weight is 208 g/mol. The minimum atomic E-state index is -0.258. The molecule has 3 nitrogen and oxygen atoms in total. The monoisotopic (exact) mass is 208 g/mol. The molecule has 0 atom stereocenters. The Labute approximate surface area is 90.0 Å². The third-order valence-electron chi connectivity index (χ3n) is 2.58. The fraction of sp³-hybridized carbons (Fsp3) is 0.500. The van der Waals surface area contributed by atoms with Crippen molar-refractivity contribution in [3.63, 3.8) is 0 Å². The normalized spacial score (nSPS) is 16.9. The van der Waals surface area contributed by atoms with Crippen LogP contribution < -0.4 is 4.74 Å². The van der Waals surface area contributed by atoms with Gasteiger partial charge in [-0.2, -0.15) is 0 Å². The molecule has 0 spiro atoms. The summed E-state index contributed by atoms with van der Waals surface area (Å²) in [5.41, 5.74) is 2.26. The van der Waals surface area contributed by atoms with Crippen molar-refractivity contribution in [1.82, 2.24) is 0 Å². The van der Waals surface area contributed by atoms with Crippen LogP contribution in [0.15, 0.2) is 18.2 Å². The first-order valence-corrected chi connectivity index (χ1v) is 5.25. The third kappa shape index (κ3) is 2.13. The molecule has 1 aromatic rings. The smallest absolute Gasteiger partial charge is 0.187 e. The highest BCUT2D eigenvalue weighted by atomic mass is 16.7. The second-order valence-electron chi connectivity index (χ2n) is 3.50. The number of aryl methyl sites for hydroxylation is 1. The molecule has 1 aromatic carbocycles. The van der Waals surface area contributed by atoms with Gasteiger partial charge in [-0.1, -0.05) is 13.0 Å². The van der Waals surface area contributed by atoms with E-state index in [0.29, 0.717) is 13.2 Å². The molecule has 1 aliphatic heterocycles. The summed E-state index contributed by atoms with van der Waals surface area (Å²) in [4.78, 5) is 0. The van der Waals surface area contributed by atoms with E-state index >= 15 is 0 Å². The molecule has 1 saturated heterocycles. The lowest BCUT2D eigenvalue weighted by molar-refractivity contribution is -0.0455. The summed E-state index contributed by atoms with van der Waals surface area (Å²) in [6.07, 6.45) is 0.746. The Hall–Kier alpha value is -1.06. The van der Waals surface area contributed by atoms with E-state index in [4.69, 9.17) is 14.2 Å². The number of hydrogen-bond acceptors (Lipinski definition) is 3. The maximum Gasteiger partial charge on any atom is 0.187 e. The van der Waals surface area contributed by atoms with E-state index in [2.05, 4.69) is 19.1 Å². The van der Waals surface area contributed by atoms with Crippen LogP contribution in [0.4, 0.5) is 0 Å². The van der Waals surface area contributed by atoms with Crippen molar-refractivity contribution in [3.05, 3.63) is 29.3 Å². The highest BCUT2D eigenvalue weighted by molar-refractivity contribution is 5.38. The summed E-state index contributed by atoms with van der Waals surface area (Å²) >= 11 is 0. The molecule has 0 saturated carbocycles. The molecule has 0 radical (unpaired) electrons. The molecule has 2 rings (SSSR count). The number of methoxy groups -OCH3 is 1. The molecular weight excluding hydrogens is 192 g/mol. The topological polar surface area (TPSA) is 27.7 Å². The second kappa shape index (κ2) is 4.64. The van der Waals surface area contributed by atoms with Gasteiger partial charge in [0.25, 0.3) is 0 Å². The maximum atomic E-state index is 5.48. The fourth-order valence-corrected chi connectivity index (χ4v) is 1.73. The van der Waals surface area contributed by atoms with Crippen LogP contribution in [0.25, 0.3) is 0 Å². The van der Waals surface area contributed by atoms with Crippen LogP contribution >= 0.6 is 0 Å². The number of benzene rings is 1. The van der Waals surface area contributed by atoms with Crippen molar-refractivity contribution in [2.75, 3.05) is 20.3 Å². The third-order valence-corrected chi connectivity index (χ3v) is 2.58. The van der Waals surface area contributed by atoms with E-state index in [0.717, 1.165) is 17.7 Å². The first kappa shape index (κ1) is 10.5. The zero-order valence-corrected chi connectivity index (χ0v) is 9.16.